The number of ether oxygens (including phenoxy) is 1. The van der Waals surface area contributed by atoms with Crippen LogP contribution in [0.2, 0.25) is 5.02 Å². The molecule has 2 heteroatoms. The monoisotopic (exact) mass is 198 g/mol. The van der Waals surface area contributed by atoms with Crippen LogP contribution >= 0.6 is 11.6 Å². The summed E-state index contributed by atoms with van der Waals surface area (Å²) in [4.78, 5) is 0. The molecule has 0 aromatic heterocycles. The van der Waals surface area contributed by atoms with Crippen LogP contribution in [0.15, 0.2) is 12.1 Å². The molecule has 0 heterocycles. The summed E-state index contributed by atoms with van der Waals surface area (Å²) in [7, 11) is 1.63. The van der Waals surface area contributed by atoms with E-state index in [4.69, 9.17) is 16.3 Å². The molecule has 1 aromatic carbocycles. The number of benzene rings is 1. The predicted molar refractivity (Wildman–Crippen MR) is 56.8 cm³/mol. The minimum atomic E-state index is 0.503. The van der Waals surface area contributed by atoms with E-state index in [0.717, 1.165) is 5.75 Å². The number of rotatable bonds is 2. The van der Waals surface area contributed by atoms with Crippen LogP contribution in [0.4, 0.5) is 0 Å². The van der Waals surface area contributed by atoms with Gasteiger partial charge in [0.1, 0.15) is 5.75 Å². The Balaban J connectivity index is 3.20. The van der Waals surface area contributed by atoms with Crippen LogP contribution < -0.4 is 4.74 Å². The van der Waals surface area contributed by atoms with Gasteiger partial charge in [0.25, 0.3) is 0 Å². The van der Waals surface area contributed by atoms with E-state index >= 15 is 0 Å². The van der Waals surface area contributed by atoms with Crippen molar-refractivity contribution >= 4 is 11.6 Å². The fraction of sp³-hybridized carbons (Fsp3) is 0.455. The number of halogens is 1. The van der Waals surface area contributed by atoms with Gasteiger partial charge in [-0.2, -0.15) is 0 Å². The lowest BCUT2D eigenvalue weighted by atomic mass is 9.98. The Morgan fingerprint density at radius 2 is 1.92 bits per heavy atom. The number of hydrogen-bond acceptors (Lipinski definition) is 1. The summed E-state index contributed by atoms with van der Waals surface area (Å²) in [5, 5.41) is 0.691. The first-order valence-corrected chi connectivity index (χ1v) is 4.78. The molecule has 0 amide bonds. The number of aryl methyl sites for hydroxylation is 1. The van der Waals surface area contributed by atoms with Crippen molar-refractivity contribution < 1.29 is 4.74 Å². The molecule has 1 aromatic rings. The molecule has 1 rings (SSSR count). The van der Waals surface area contributed by atoms with Crippen molar-refractivity contribution in [1.82, 2.24) is 0 Å². The van der Waals surface area contributed by atoms with Crippen molar-refractivity contribution in [2.24, 2.45) is 0 Å². The van der Waals surface area contributed by atoms with E-state index in [2.05, 4.69) is 20.8 Å². The van der Waals surface area contributed by atoms with E-state index in [1.54, 1.807) is 7.11 Å². The Kier molecular flexibility index (Phi) is 3.21. The second kappa shape index (κ2) is 4.01. The van der Waals surface area contributed by atoms with E-state index in [1.165, 1.54) is 11.1 Å². The molecule has 0 aliphatic heterocycles. The molecule has 0 saturated carbocycles. The summed E-state index contributed by atoms with van der Waals surface area (Å²) < 4.78 is 5.13. The van der Waals surface area contributed by atoms with E-state index in [1.807, 2.05) is 12.1 Å². The average molecular weight is 199 g/mol. The lowest BCUT2D eigenvalue weighted by Crippen LogP contribution is -1.94. The van der Waals surface area contributed by atoms with Crippen molar-refractivity contribution in [3.8, 4) is 5.75 Å². The molecule has 0 atom stereocenters. The van der Waals surface area contributed by atoms with E-state index in [0.29, 0.717) is 10.9 Å². The van der Waals surface area contributed by atoms with E-state index in [9.17, 15) is 0 Å². The van der Waals surface area contributed by atoms with Crippen LogP contribution in [0.1, 0.15) is 30.9 Å². The first-order valence-electron chi connectivity index (χ1n) is 4.40. The Bertz CT molecular complexity index is 305. The van der Waals surface area contributed by atoms with Crippen molar-refractivity contribution in [1.29, 1.82) is 0 Å². The summed E-state index contributed by atoms with van der Waals surface area (Å²) >= 11 is 6.02. The standard InChI is InChI=1S/C11H15ClO/c1-7(2)9-6-10(12)11(13-4)5-8(9)3/h5-7H,1-4H3. The van der Waals surface area contributed by atoms with Gasteiger partial charge in [-0.05, 0) is 36.1 Å². The Morgan fingerprint density at radius 1 is 1.31 bits per heavy atom. The Hall–Kier alpha value is -0.690. The second-order valence-corrected chi connectivity index (χ2v) is 3.91. The summed E-state index contributed by atoms with van der Waals surface area (Å²) in [6.07, 6.45) is 0. The molecule has 72 valence electrons. The van der Waals surface area contributed by atoms with Gasteiger partial charge in [0.2, 0.25) is 0 Å². The van der Waals surface area contributed by atoms with Crippen LogP contribution in [-0.4, -0.2) is 7.11 Å². The fourth-order valence-electron chi connectivity index (χ4n) is 1.45. The predicted octanol–water partition coefficient (Wildman–Crippen LogP) is 3.78. The zero-order chi connectivity index (χ0) is 10.0. The van der Waals surface area contributed by atoms with Crippen molar-refractivity contribution in [2.45, 2.75) is 26.7 Å². The largest absolute Gasteiger partial charge is 0.495 e. The summed E-state index contributed by atoms with van der Waals surface area (Å²) in [5.74, 6) is 1.26. The maximum absolute atomic E-state index is 6.02. The highest BCUT2D eigenvalue weighted by molar-refractivity contribution is 6.32. The SMILES string of the molecule is COc1cc(C)c(C(C)C)cc1Cl. The van der Waals surface area contributed by atoms with Gasteiger partial charge in [-0.1, -0.05) is 25.4 Å². The molecular weight excluding hydrogens is 184 g/mol. The fourth-order valence-corrected chi connectivity index (χ4v) is 1.70. The lowest BCUT2D eigenvalue weighted by Gasteiger charge is -2.12. The minimum Gasteiger partial charge on any atom is -0.495 e. The van der Waals surface area contributed by atoms with Crippen molar-refractivity contribution in [3.05, 3.63) is 28.3 Å². The third-order valence-corrected chi connectivity index (χ3v) is 2.46. The zero-order valence-corrected chi connectivity index (χ0v) is 9.27. The third-order valence-electron chi connectivity index (χ3n) is 2.16. The quantitative estimate of drug-likeness (QED) is 0.703. The molecule has 1 nitrogen and oxygen atoms in total. The number of methoxy groups -OCH3 is 1. The average Bonchev–Trinajstić information content (AvgIpc) is 2.07. The molecule has 0 radical (unpaired) electrons. The topological polar surface area (TPSA) is 9.23 Å². The molecule has 0 saturated heterocycles. The highest BCUT2D eigenvalue weighted by Crippen LogP contribution is 2.31. The minimum absolute atomic E-state index is 0.503. The molecular formula is C11H15ClO. The summed E-state index contributed by atoms with van der Waals surface area (Å²) in [5.41, 5.74) is 2.52. The maximum Gasteiger partial charge on any atom is 0.137 e. The first kappa shape index (κ1) is 10.4. The van der Waals surface area contributed by atoms with Gasteiger partial charge >= 0.3 is 0 Å². The molecule has 0 aliphatic carbocycles. The van der Waals surface area contributed by atoms with Gasteiger partial charge in [-0.15, -0.1) is 0 Å². The zero-order valence-electron chi connectivity index (χ0n) is 8.52. The van der Waals surface area contributed by atoms with Crippen LogP contribution in [0, 0.1) is 6.92 Å². The molecule has 0 bridgehead atoms. The van der Waals surface area contributed by atoms with Gasteiger partial charge in [0, 0.05) is 0 Å². The normalized spacial score (nSPS) is 10.6. The van der Waals surface area contributed by atoms with Gasteiger partial charge in [-0.25, -0.2) is 0 Å². The van der Waals surface area contributed by atoms with E-state index < -0.39 is 0 Å². The molecule has 0 spiro atoms. The molecule has 0 aliphatic rings. The van der Waals surface area contributed by atoms with E-state index in [-0.39, 0.29) is 0 Å². The lowest BCUT2D eigenvalue weighted by molar-refractivity contribution is 0.414. The van der Waals surface area contributed by atoms with Gasteiger partial charge in [-0.3, -0.25) is 0 Å². The first-order chi connectivity index (χ1) is 6.06. The second-order valence-electron chi connectivity index (χ2n) is 3.50. The van der Waals surface area contributed by atoms with Crippen LogP contribution in [0.5, 0.6) is 5.75 Å². The Labute approximate surface area is 84.7 Å². The smallest absolute Gasteiger partial charge is 0.137 e. The van der Waals surface area contributed by atoms with Crippen LogP contribution in [0.25, 0.3) is 0 Å². The van der Waals surface area contributed by atoms with Crippen LogP contribution in [0.3, 0.4) is 0 Å². The molecule has 0 N–H and O–H groups in total. The Morgan fingerprint density at radius 3 is 2.38 bits per heavy atom. The van der Waals surface area contributed by atoms with Gasteiger partial charge in [0.05, 0.1) is 12.1 Å². The van der Waals surface area contributed by atoms with Gasteiger partial charge in [0.15, 0.2) is 0 Å². The highest BCUT2D eigenvalue weighted by atomic mass is 35.5. The third kappa shape index (κ3) is 2.16. The van der Waals surface area contributed by atoms with Crippen LogP contribution in [-0.2, 0) is 0 Å². The van der Waals surface area contributed by atoms with Gasteiger partial charge < -0.3 is 4.74 Å². The highest BCUT2D eigenvalue weighted by Gasteiger charge is 2.08. The molecule has 0 unspecified atom stereocenters. The molecule has 13 heavy (non-hydrogen) atoms. The van der Waals surface area contributed by atoms with Crippen molar-refractivity contribution in [2.75, 3.05) is 7.11 Å². The maximum atomic E-state index is 6.02. The summed E-state index contributed by atoms with van der Waals surface area (Å²) in [6.45, 7) is 6.39. The van der Waals surface area contributed by atoms with Crippen molar-refractivity contribution in [3.63, 3.8) is 0 Å². The summed E-state index contributed by atoms with van der Waals surface area (Å²) in [6, 6.07) is 3.97. The number of hydrogen-bond donors (Lipinski definition) is 0. The molecule has 0 fully saturated rings.